The minimum atomic E-state index is -4.65. The molecule has 0 spiro atoms. The highest BCUT2D eigenvalue weighted by molar-refractivity contribution is 7.90. The second kappa shape index (κ2) is 9.93. The van der Waals surface area contributed by atoms with Crippen molar-refractivity contribution in [3.05, 3.63) is 98.6 Å². The molecule has 0 saturated carbocycles. The van der Waals surface area contributed by atoms with E-state index in [-0.39, 0.29) is 33.1 Å². The first-order valence-corrected chi connectivity index (χ1v) is 13.4. The highest BCUT2D eigenvalue weighted by atomic mass is 32.2. The minimum absolute atomic E-state index is 0.0552. The Balaban J connectivity index is 1.89. The van der Waals surface area contributed by atoms with E-state index in [9.17, 15) is 31.6 Å². The maximum absolute atomic E-state index is 13.5. The monoisotopic (exact) mass is 557 g/mol. The number of thiazole rings is 1. The average molecular weight is 558 g/mol. The van der Waals surface area contributed by atoms with Crippen molar-refractivity contribution in [3.8, 4) is 6.07 Å². The van der Waals surface area contributed by atoms with Crippen molar-refractivity contribution in [2.24, 2.45) is 0 Å². The number of carbonyl (C=O) groups excluding carboxylic acids is 1. The number of hydrogen-bond acceptors (Lipinski definition) is 6. The number of aromatic nitrogens is 1. The van der Waals surface area contributed by atoms with E-state index in [1.807, 2.05) is 6.07 Å². The molecule has 1 aliphatic heterocycles. The van der Waals surface area contributed by atoms with Gasteiger partial charge in [0.15, 0.2) is 9.84 Å². The Hall–Kier alpha value is -4.20. The Kier molecular flexibility index (Phi) is 7.02. The van der Waals surface area contributed by atoms with Gasteiger partial charge in [-0.05, 0) is 42.8 Å². The molecule has 1 atom stereocenters. The Labute approximate surface area is 220 Å². The van der Waals surface area contributed by atoms with Crippen molar-refractivity contribution in [1.29, 1.82) is 5.26 Å². The van der Waals surface area contributed by atoms with E-state index in [1.165, 1.54) is 55.1 Å². The summed E-state index contributed by atoms with van der Waals surface area (Å²) in [6.07, 6.45) is -4.65. The number of benzene rings is 2. The van der Waals surface area contributed by atoms with Crippen LogP contribution in [0.5, 0.6) is 0 Å². The molecule has 0 saturated heterocycles. The maximum atomic E-state index is 13.5. The summed E-state index contributed by atoms with van der Waals surface area (Å²) >= 11 is 1.22. The van der Waals surface area contributed by atoms with Gasteiger partial charge in [0.1, 0.15) is 0 Å². The first-order chi connectivity index (χ1) is 17.9. The Morgan fingerprint density at radius 1 is 1.24 bits per heavy atom. The number of carbonyl (C=O) groups is 1. The lowest BCUT2D eigenvalue weighted by Crippen LogP contribution is -2.47. The van der Waals surface area contributed by atoms with Crippen molar-refractivity contribution in [2.45, 2.75) is 29.8 Å². The normalized spacial score (nSPS) is 16.4. The molecule has 2 amide bonds. The summed E-state index contributed by atoms with van der Waals surface area (Å²) in [6.45, 7) is 9.25. The van der Waals surface area contributed by atoms with E-state index >= 15 is 0 Å². The fourth-order valence-electron chi connectivity index (χ4n) is 4.21. The van der Waals surface area contributed by atoms with Crippen LogP contribution in [-0.4, -0.2) is 31.4 Å². The number of alkyl halides is 3. The van der Waals surface area contributed by atoms with Crippen LogP contribution in [0.2, 0.25) is 0 Å². The molecule has 0 bridgehead atoms. The predicted molar refractivity (Wildman–Crippen MR) is 133 cm³/mol. The van der Waals surface area contributed by atoms with Gasteiger partial charge in [-0.25, -0.2) is 23.0 Å². The zero-order chi connectivity index (χ0) is 27.8. The van der Waals surface area contributed by atoms with Gasteiger partial charge >= 0.3 is 12.2 Å². The van der Waals surface area contributed by atoms with Crippen molar-refractivity contribution < 1.29 is 26.4 Å². The molecular weight excluding hydrogens is 539 g/mol. The molecule has 0 aliphatic carbocycles. The highest BCUT2D eigenvalue weighted by Crippen LogP contribution is 2.42. The number of nitriles is 1. The number of anilines is 1. The van der Waals surface area contributed by atoms with Gasteiger partial charge in [0, 0.05) is 23.8 Å². The molecule has 2 aromatic carbocycles. The summed E-state index contributed by atoms with van der Waals surface area (Å²) in [5.41, 5.74) is 0.868. The van der Waals surface area contributed by atoms with Crippen molar-refractivity contribution in [3.63, 3.8) is 0 Å². The Morgan fingerprint density at radius 3 is 2.58 bits per heavy atom. The van der Waals surface area contributed by atoms with E-state index in [4.69, 9.17) is 6.57 Å². The Bertz CT molecular complexity index is 1640. The molecule has 0 unspecified atom stereocenters. The van der Waals surface area contributed by atoms with Crippen LogP contribution in [0.4, 0.5) is 23.7 Å². The number of sulfone groups is 1. The summed E-state index contributed by atoms with van der Waals surface area (Å²) in [4.78, 5) is 22.9. The topological polar surface area (TPSA) is 98.7 Å². The second-order valence-electron chi connectivity index (χ2n) is 8.37. The van der Waals surface area contributed by atoms with Crippen LogP contribution < -0.4 is 4.90 Å². The molecule has 0 N–H and O–H groups in total. The van der Waals surface area contributed by atoms with Gasteiger partial charge in [-0.2, -0.15) is 18.4 Å². The smallest absolute Gasteiger partial charge is 0.325 e. The summed E-state index contributed by atoms with van der Waals surface area (Å²) in [7, 11) is -2.75. The van der Waals surface area contributed by atoms with Gasteiger partial charge in [0.2, 0.25) is 5.70 Å². The van der Waals surface area contributed by atoms with Crippen molar-refractivity contribution in [1.82, 2.24) is 9.88 Å². The van der Waals surface area contributed by atoms with Crippen molar-refractivity contribution in [2.75, 3.05) is 11.9 Å². The van der Waals surface area contributed by atoms with Gasteiger partial charge in [-0.1, -0.05) is 12.1 Å². The van der Waals surface area contributed by atoms with Crippen LogP contribution in [-0.2, 0) is 21.8 Å². The molecule has 1 aromatic heterocycles. The van der Waals surface area contributed by atoms with Gasteiger partial charge in [-0.3, -0.25) is 4.90 Å². The first kappa shape index (κ1) is 26.9. The molecule has 1 aliphatic rings. The van der Waals surface area contributed by atoms with Crippen LogP contribution in [0, 0.1) is 17.9 Å². The minimum Gasteiger partial charge on any atom is -0.325 e. The number of halogens is 3. The van der Waals surface area contributed by atoms with Gasteiger partial charge in [-0.15, -0.1) is 11.3 Å². The van der Waals surface area contributed by atoms with Crippen LogP contribution in [0.25, 0.3) is 4.85 Å². The van der Waals surface area contributed by atoms with Crippen LogP contribution >= 0.6 is 11.3 Å². The third-order valence-corrected chi connectivity index (χ3v) is 8.33. The van der Waals surface area contributed by atoms with Crippen molar-refractivity contribution >= 4 is 32.9 Å². The predicted octanol–water partition coefficient (Wildman–Crippen LogP) is 5.77. The van der Waals surface area contributed by atoms with E-state index in [0.29, 0.717) is 5.69 Å². The fraction of sp³-hybridized carbons (Fsp3) is 0.200. The van der Waals surface area contributed by atoms with E-state index in [0.717, 1.165) is 28.0 Å². The fourth-order valence-corrected chi connectivity index (χ4v) is 6.42. The number of rotatable bonds is 5. The largest absolute Gasteiger partial charge is 0.416 e. The molecule has 38 heavy (non-hydrogen) atoms. The van der Waals surface area contributed by atoms with E-state index in [2.05, 4.69) is 9.83 Å². The zero-order valence-electron chi connectivity index (χ0n) is 19.9. The van der Waals surface area contributed by atoms with E-state index in [1.54, 1.807) is 5.38 Å². The molecule has 0 fully saturated rings. The second-order valence-corrected chi connectivity index (χ2v) is 11.0. The number of amides is 2. The summed E-state index contributed by atoms with van der Waals surface area (Å²) < 4.78 is 66.9. The molecule has 8 nitrogen and oxygen atoms in total. The lowest BCUT2D eigenvalue weighted by Gasteiger charge is -2.40. The number of nitrogens with zero attached hydrogens (tertiary/aromatic N) is 5. The first-order valence-electron chi connectivity index (χ1n) is 10.9. The lowest BCUT2D eigenvalue weighted by molar-refractivity contribution is -0.137. The van der Waals surface area contributed by atoms with Crippen LogP contribution in [0.15, 0.2) is 69.6 Å². The molecule has 4 rings (SSSR count). The molecule has 13 heteroatoms. The number of likely N-dealkylation sites (N-methyl/N-ethyl adjacent to an activating group) is 1. The Morgan fingerprint density at radius 2 is 1.97 bits per heavy atom. The van der Waals surface area contributed by atoms with E-state index < -0.39 is 39.4 Å². The number of allylic oxidation sites excluding steroid dienone is 1. The third-order valence-electron chi connectivity index (χ3n) is 5.99. The summed E-state index contributed by atoms with van der Waals surface area (Å²) in [5, 5.41) is 11.0. The number of urea groups is 1. The molecule has 3 aromatic rings. The van der Waals surface area contributed by atoms with Crippen LogP contribution in [0.1, 0.15) is 35.3 Å². The third kappa shape index (κ3) is 4.86. The summed E-state index contributed by atoms with van der Waals surface area (Å²) in [6, 6.07) is 8.06. The van der Waals surface area contributed by atoms with Gasteiger partial charge in [0.25, 0.3) is 0 Å². The van der Waals surface area contributed by atoms with Gasteiger partial charge in [0.05, 0.1) is 51.7 Å². The average Bonchev–Trinajstić information content (AvgIpc) is 3.38. The molecular formula is C25H18F3N5O3S2. The summed E-state index contributed by atoms with van der Waals surface area (Å²) in [5.74, 6) is -0.463. The van der Waals surface area contributed by atoms with Crippen LogP contribution in [0.3, 0.4) is 0 Å². The molecule has 0 radical (unpaired) electrons. The zero-order valence-corrected chi connectivity index (χ0v) is 21.5. The lowest BCUT2D eigenvalue weighted by atomic mass is 9.97. The standard InChI is InChI=1S/C25H18F3N5O3S2/c1-15-22(30-2)23(32(3)24(34)33(15)19-6-4-5-17(10-19)25(26,27)28)20-8-7-16(11-29)9-21(20)38(35,36)13-18-12-37-14-31-18/h4-10,12,14,23H,13H2,1,3H3/t23-/m1/s1. The quantitative estimate of drug-likeness (QED) is 0.371. The highest BCUT2D eigenvalue weighted by Gasteiger charge is 2.41. The van der Waals surface area contributed by atoms with Gasteiger partial charge < -0.3 is 4.90 Å². The SMILES string of the molecule is [C-]#[N+]C1=C(C)N(c2cccc(C(F)(F)F)c2)C(=O)N(C)[C@@H]1c1ccc(C#N)cc1S(=O)(=O)Cc1cscn1. The molecule has 2 heterocycles. The maximum Gasteiger partial charge on any atom is 0.416 e. The number of hydrogen-bond donors (Lipinski definition) is 0. The molecule has 194 valence electrons.